The van der Waals surface area contributed by atoms with Crippen LogP contribution in [0.4, 0.5) is 5.69 Å². The molecule has 21 heavy (non-hydrogen) atoms. The van der Waals surface area contributed by atoms with E-state index in [9.17, 15) is 9.59 Å². The third-order valence-electron chi connectivity index (χ3n) is 3.73. The summed E-state index contributed by atoms with van der Waals surface area (Å²) < 4.78 is 2.10. The van der Waals surface area contributed by atoms with Crippen LogP contribution < -0.4 is 10.5 Å². The summed E-state index contributed by atoms with van der Waals surface area (Å²) in [5, 5.41) is 5.64. The summed E-state index contributed by atoms with van der Waals surface area (Å²) >= 11 is 3.42. The van der Waals surface area contributed by atoms with Gasteiger partial charge < -0.3 is 4.90 Å². The number of hydrogen-bond donors (Lipinski definition) is 0. The predicted molar refractivity (Wildman–Crippen MR) is 85.7 cm³/mol. The number of aromatic nitrogens is 2. The van der Waals surface area contributed by atoms with Gasteiger partial charge in [-0.1, -0.05) is 0 Å². The molecule has 1 aliphatic heterocycles. The van der Waals surface area contributed by atoms with Crippen LogP contribution >= 0.6 is 15.9 Å². The Morgan fingerprint density at radius 2 is 2.00 bits per heavy atom. The van der Waals surface area contributed by atoms with Crippen LogP contribution in [0.15, 0.2) is 27.6 Å². The Kier molecular flexibility index (Phi) is 3.57. The van der Waals surface area contributed by atoms with Crippen molar-refractivity contribution in [1.29, 1.82) is 0 Å². The van der Waals surface area contributed by atoms with Gasteiger partial charge in [-0.25, -0.2) is 4.68 Å². The number of carbonyl (C=O) groups excluding carboxylic acids is 1. The quantitative estimate of drug-likeness (QED) is 0.837. The number of amides is 1. The van der Waals surface area contributed by atoms with Gasteiger partial charge in [0.15, 0.2) is 0 Å². The van der Waals surface area contributed by atoms with Gasteiger partial charge in [-0.3, -0.25) is 9.59 Å². The maximum Gasteiger partial charge on any atom is 0.275 e. The number of anilines is 1. The summed E-state index contributed by atoms with van der Waals surface area (Å²) in [7, 11) is 0. The summed E-state index contributed by atoms with van der Waals surface area (Å²) in [4.78, 5) is 26.1. The summed E-state index contributed by atoms with van der Waals surface area (Å²) in [5.74, 6) is 0.117. The van der Waals surface area contributed by atoms with Crippen LogP contribution in [0.3, 0.4) is 0 Å². The van der Waals surface area contributed by atoms with Crippen LogP contribution in [0.2, 0.25) is 0 Å². The minimum atomic E-state index is -0.128. The highest BCUT2D eigenvalue weighted by molar-refractivity contribution is 9.10. The van der Waals surface area contributed by atoms with Crippen molar-refractivity contribution < 1.29 is 4.79 Å². The monoisotopic (exact) mass is 349 g/mol. The van der Waals surface area contributed by atoms with Crippen molar-refractivity contribution in [2.45, 2.75) is 32.7 Å². The Morgan fingerprint density at radius 1 is 1.24 bits per heavy atom. The molecule has 6 heteroatoms. The summed E-state index contributed by atoms with van der Waals surface area (Å²) in [6, 6.07) is 5.50. The molecule has 0 atom stereocenters. The highest BCUT2D eigenvalue weighted by Gasteiger charge is 2.22. The summed E-state index contributed by atoms with van der Waals surface area (Å²) in [6.45, 7) is 4.55. The number of carbonyl (C=O) groups is 1. The Bertz CT molecular complexity index is 782. The van der Waals surface area contributed by atoms with Gasteiger partial charge in [-0.05, 0) is 54.4 Å². The lowest BCUT2D eigenvalue weighted by Gasteiger charge is -2.17. The molecule has 0 radical (unpaired) electrons. The first kappa shape index (κ1) is 14.3. The minimum absolute atomic E-state index is 0.0183. The minimum Gasteiger partial charge on any atom is -0.312 e. The van der Waals surface area contributed by atoms with Crippen molar-refractivity contribution in [2.75, 3.05) is 11.4 Å². The van der Waals surface area contributed by atoms with Gasteiger partial charge in [-0.2, -0.15) is 5.10 Å². The van der Waals surface area contributed by atoms with E-state index in [1.165, 1.54) is 4.68 Å². The molecule has 0 spiro atoms. The van der Waals surface area contributed by atoms with Gasteiger partial charge in [0.05, 0.1) is 11.4 Å². The van der Waals surface area contributed by atoms with E-state index in [2.05, 4.69) is 21.0 Å². The highest BCUT2D eigenvalue weighted by atomic mass is 79.9. The van der Waals surface area contributed by atoms with E-state index in [0.29, 0.717) is 16.4 Å². The third kappa shape index (κ3) is 2.37. The van der Waals surface area contributed by atoms with Crippen LogP contribution in [0, 0.1) is 0 Å². The SMILES string of the molecule is CC(C)n1nc(Br)c2ccc(N3CCCC3=O)cc2c1=O. The smallest absolute Gasteiger partial charge is 0.275 e. The molecule has 1 aliphatic rings. The van der Waals surface area contributed by atoms with Crippen molar-refractivity contribution in [3.63, 3.8) is 0 Å². The second kappa shape index (κ2) is 5.26. The van der Waals surface area contributed by atoms with E-state index in [4.69, 9.17) is 0 Å². The molecule has 0 aliphatic carbocycles. The fourth-order valence-electron chi connectivity index (χ4n) is 2.65. The van der Waals surface area contributed by atoms with E-state index >= 15 is 0 Å². The molecular weight excluding hydrogens is 334 g/mol. The Morgan fingerprint density at radius 3 is 2.62 bits per heavy atom. The van der Waals surface area contributed by atoms with E-state index in [1.807, 2.05) is 26.0 Å². The molecule has 0 saturated carbocycles. The average molecular weight is 350 g/mol. The molecular formula is C15H16BrN3O2. The maximum absolute atomic E-state index is 12.5. The molecule has 1 saturated heterocycles. The standard InChI is InChI=1S/C15H16BrN3O2/c1-9(2)19-15(21)12-8-10(18-7-3-4-13(18)20)5-6-11(12)14(16)17-19/h5-6,8-9H,3-4,7H2,1-2H3. The number of rotatable bonds is 2. The van der Waals surface area contributed by atoms with Crippen molar-refractivity contribution >= 4 is 38.3 Å². The normalized spacial score (nSPS) is 15.4. The van der Waals surface area contributed by atoms with Crippen LogP contribution in [0.1, 0.15) is 32.7 Å². The molecule has 3 rings (SSSR count). The van der Waals surface area contributed by atoms with Gasteiger partial charge >= 0.3 is 0 Å². The van der Waals surface area contributed by atoms with Crippen molar-refractivity contribution in [3.05, 3.63) is 33.2 Å². The van der Waals surface area contributed by atoms with Crippen molar-refractivity contribution in [2.24, 2.45) is 0 Å². The molecule has 0 N–H and O–H groups in total. The lowest BCUT2D eigenvalue weighted by atomic mass is 10.1. The number of hydrogen-bond acceptors (Lipinski definition) is 3. The zero-order valence-corrected chi connectivity index (χ0v) is 13.6. The molecule has 110 valence electrons. The second-order valence-corrected chi connectivity index (χ2v) is 6.26. The molecule has 0 bridgehead atoms. The first-order chi connectivity index (χ1) is 9.99. The maximum atomic E-state index is 12.5. The molecule has 5 nitrogen and oxygen atoms in total. The zero-order valence-electron chi connectivity index (χ0n) is 12.0. The molecule has 1 aromatic carbocycles. The third-order valence-corrected chi connectivity index (χ3v) is 4.32. The van der Waals surface area contributed by atoms with Crippen LogP contribution in [0.25, 0.3) is 10.8 Å². The fraction of sp³-hybridized carbons (Fsp3) is 0.400. The average Bonchev–Trinajstić information content (AvgIpc) is 2.88. The first-order valence-electron chi connectivity index (χ1n) is 7.01. The number of nitrogens with zero attached hydrogens (tertiary/aromatic N) is 3. The largest absolute Gasteiger partial charge is 0.312 e. The zero-order chi connectivity index (χ0) is 15.1. The van der Waals surface area contributed by atoms with Gasteiger partial charge in [0.2, 0.25) is 5.91 Å². The summed E-state index contributed by atoms with van der Waals surface area (Å²) in [6.07, 6.45) is 1.45. The van der Waals surface area contributed by atoms with E-state index < -0.39 is 0 Å². The lowest BCUT2D eigenvalue weighted by Crippen LogP contribution is -2.26. The van der Waals surface area contributed by atoms with Gasteiger partial charge in [0, 0.05) is 24.0 Å². The van der Waals surface area contributed by atoms with Gasteiger partial charge in [0.25, 0.3) is 5.56 Å². The first-order valence-corrected chi connectivity index (χ1v) is 7.81. The Balaban J connectivity index is 2.22. The van der Waals surface area contributed by atoms with Crippen LogP contribution in [-0.4, -0.2) is 22.2 Å². The number of benzene rings is 1. The molecule has 1 fully saturated rings. The van der Waals surface area contributed by atoms with Gasteiger partial charge in [0.1, 0.15) is 4.60 Å². The van der Waals surface area contributed by atoms with E-state index in [0.717, 1.165) is 24.0 Å². The Hall–Kier alpha value is -1.69. The molecule has 1 amide bonds. The second-order valence-electron chi connectivity index (χ2n) is 5.51. The summed E-state index contributed by atoms with van der Waals surface area (Å²) in [5.41, 5.74) is 0.659. The number of halogens is 1. The predicted octanol–water partition coefficient (Wildman–Crippen LogP) is 2.87. The van der Waals surface area contributed by atoms with Crippen molar-refractivity contribution in [1.82, 2.24) is 9.78 Å². The number of fused-ring (bicyclic) bond motifs is 1. The molecule has 2 heterocycles. The molecule has 2 aromatic rings. The molecule has 0 unspecified atom stereocenters. The molecule has 1 aromatic heterocycles. The topological polar surface area (TPSA) is 55.2 Å². The van der Waals surface area contributed by atoms with E-state index in [-0.39, 0.29) is 17.5 Å². The van der Waals surface area contributed by atoms with Crippen LogP contribution in [0.5, 0.6) is 0 Å². The highest BCUT2D eigenvalue weighted by Crippen LogP contribution is 2.27. The van der Waals surface area contributed by atoms with E-state index in [1.54, 1.807) is 11.0 Å². The van der Waals surface area contributed by atoms with Gasteiger partial charge in [-0.15, -0.1) is 0 Å². The fourth-order valence-corrected chi connectivity index (χ4v) is 3.16. The lowest BCUT2D eigenvalue weighted by molar-refractivity contribution is -0.117. The van der Waals surface area contributed by atoms with Crippen molar-refractivity contribution in [3.8, 4) is 0 Å². The Labute approximate surface area is 130 Å². The van der Waals surface area contributed by atoms with Crippen LogP contribution in [-0.2, 0) is 4.79 Å².